The minimum Gasteiger partial charge on any atom is -0.398 e. The molecule has 0 saturated carbocycles. The van der Waals surface area contributed by atoms with Gasteiger partial charge < -0.3 is 15.8 Å². The van der Waals surface area contributed by atoms with Crippen molar-refractivity contribution in [3.05, 3.63) is 23.8 Å². The number of carbonyl (C=O) groups is 1. The molecule has 0 aliphatic carbocycles. The van der Waals surface area contributed by atoms with E-state index in [0.717, 1.165) is 5.56 Å². The monoisotopic (exact) mass is 222 g/mol. The number of hydrogen-bond donors (Lipinski definition) is 2. The Morgan fingerprint density at radius 1 is 1.50 bits per heavy atom. The quantitative estimate of drug-likeness (QED) is 0.765. The molecule has 16 heavy (non-hydrogen) atoms. The SMILES string of the molecule is Cc1ccc(NC(=O)COC(C)C)cc1N. The number of hydrogen-bond acceptors (Lipinski definition) is 3. The van der Waals surface area contributed by atoms with Crippen LogP contribution in [0.1, 0.15) is 19.4 Å². The molecule has 0 radical (unpaired) electrons. The molecule has 0 saturated heterocycles. The Labute approximate surface area is 95.8 Å². The third-order valence-electron chi connectivity index (χ3n) is 2.11. The van der Waals surface area contributed by atoms with Crippen LogP contribution in [0, 0.1) is 6.92 Å². The summed E-state index contributed by atoms with van der Waals surface area (Å²) in [6, 6.07) is 5.43. The molecule has 4 heteroatoms. The lowest BCUT2D eigenvalue weighted by Crippen LogP contribution is -2.20. The van der Waals surface area contributed by atoms with Gasteiger partial charge in [-0.3, -0.25) is 4.79 Å². The first kappa shape index (κ1) is 12.5. The van der Waals surface area contributed by atoms with Crippen LogP contribution in [0.5, 0.6) is 0 Å². The summed E-state index contributed by atoms with van der Waals surface area (Å²) in [4.78, 5) is 11.4. The highest BCUT2D eigenvalue weighted by atomic mass is 16.5. The van der Waals surface area contributed by atoms with Crippen molar-refractivity contribution in [2.45, 2.75) is 26.9 Å². The number of nitrogen functional groups attached to an aromatic ring is 1. The first-order valence-electron chi connectivity index (χ1n) is 5.26. The average molecular weight is 222 g/mol. The maximum Gasteiger partial charge on any atom is 0.250 e. The summed E-state index contributed by atoms with van der Waals surface area (Å²) in [7, 11) is 0. The van der Waals surface area contributed by atoms with E-state index in [0.29, 0.717) is 11.4 Å². The van der Waals surface area contributed by atoms with Crippen molar-refractivity contribution in [1.82, 2.24) is 0 Å². The van der Waals surface area contributed by atoms with E-state index in [1.807, 2.05) is 32.9 Å². The van der Waals surface area contributed by atoms with Crippen LogP contribution < -0.4 is 11.1 Å². The number of benzene rings is 1. The Kier molecular flexibility index (Phi) is 4.31. The van der Waals surface area contributed by atoms with Gasteiger partial charge in [-0.05, 0) is 38.5 Å². The van der Waals surface area contributed by atoms with Crippen LogP contribution in [0.2, 0.25) is 0 Å². The lowest BCUT2D eigenvalue weighted by Gasteiger charge is -2.09. The van der Waals surface area contributed by atoms with Crippen LogP contribution in [-0.2, 0) is 9.53 Å². The van der Waals surface area contributed by atoms with Crippen molar-refractivity contribution in [2.24, 2.45) is 0 Å². The highest BCUT2D eigenvalue weighted by Gasteiger charge is 2.04. The maximum atomic E-state index is 11.4. The highest BCUT2D eigenvalue weighted by molar-refractivity contribution is 5.92. The molecule has 0 aliphatic rings. The molecule has 0 atom stereocenters. The molecule has 0 unspecified atom stereocenters. The second-order valence-corrected chi connectivity index (χ2v) is 3.98. The molecule has 1 rings (SSSR count). The van der Waals surface area contributed by atoms with Gasteiger partial charge in [-0.25, -0.2) is 0 Å². The largest absolute Gasteiger partial charge is 0.398 e. The third-order valence-corrected chi connectivity index (χ3v) is 2.11. The van der Waals surface area contributed by atoms with E-state index in [1.54, 1.807) is 6.07 Å². The normalized spacial score (nSPS) is 10.5. The van der Waals surface area contributed by atoms with Crippen molar-refractivity contribution >= 4 is 17.3 Å². The molecule has 1 aromatic rings. The molecule has 88 valence electrons. The number of amides is 1. The van der Waals surface area contributed by atoms with Crippen LogP contribution in [0.25, 0.3) is 0 Å². The molecule has 0 aliphatic heterocycles. The molecule has 4 nitrogen and oxygen atoms in total. The fourth-order valence-corrected chi connectivity index (χ4v) is 1.16. The first-order chi connectivity index (χ1) is 7.49. The number of aryl methyl sites for hydroxylation is 1. The number of nitrogens with two attached hydrogens (primary N) is 1. The summed E-state index contributed by atoms with van der Waals surface area (Å²) in [5.41, 5.74) is 8.10. The van der Waals surface area contributed by atoms with Gasteiger partial charge in [0.1, 0.15) is 6.61 Å². The molecule has 0 spiro atoms. The summed E-state index contributed by atoms with van der Waals surface area (Å²) >= 11 is 0. The van der Waals surface area contributed by atoms with E-state index in [4.69, 9.17) is 10.5 Å². The Hall–Kier alpha value is -1.55. The standard InChI is InChI=1S/C12H18N2O2/c1-8(2)16-7-12(15)14-10-5-4-9(3)11(13)6-10/h4-6,8H,7,13H2,1-3H3,(H,14,15). The van der Waals surface area contributed by atoms with Gasteiger partial charge in [-0.2, -0.15) is 0 Å². The van der Waals surface area contributed by atoms with Gasteiger partial charge >= 0.3 is 0 Å². The number of carbonyl (C=O) groups excluding carboxylic acids is 1. The van der Waals surface area contributed by atoms with Gasteiger partial charge in [0, 0.05) is 11.4 Å². The van der Waals surface area contributed by atoms with Crippen LogP contribution >= 0.6 is 0 Å². The maximum absolute atomic E-state index is 11.4. The topological polar surface area (TPSA) is 64.3 Å². The Bertz CT molecular complexity index is 375. The van der Waals surface area contributed by atoms with Gasteiger partial charge in [-0.15, -0.1) is 0 Å². The van der Waals surface area contributed by atoms with E-state index in [9.17, 15) is 4.79 Å². The Morgan fingerprint density at radius 3 is 2.75 bits per heavy atom. The Balaban J connectivity index is 2.53. The fraction of sp³-hybridized carbons (Fsp3) is 0.417. The van der Waals surface area contributed by atoms with Crippen molar-refractivity contribution in [1.29, 1.82) is 0 Å². The van der Waals surface area contributed by atoms with Crippen LogP contribution in [0.4, 0.5) is 11.4 Å². The lowest BCUT2D eigenvalue weighted by molar-refractivity contribution is -0.121. The smallest absolute Gasteiger partial charge is 0.250 e. The van der Waals surface area contributed by atoms with Gasteiger partial charge in [-0.1, -0.05) is 6.07 Å². The second kappa shape index (κ2) is 5.51. The lowest BCUT2D eigenvalue weighted by atomic mass is 10.2. The minimum absolute atomic E-state index is 0.0498. The van der Waals surface area contributed by atoms with Crippen molar-refractivity contribution < 1.29 is 9.53 Å². The van der Waals surface area contributed by atoms with E-state index < -0.39 is 0 Å². The molecule has 0 heterocycles. The summed E-state index contributed by atoms with van der Waals surface area (Å²) in [5, 5.41) is 2.72. The van der Waals surface area contributed by atoms with Crippen LogP contribution in [0.3, 0.4) is 0 Å². The minimum atomic E-state index is -0.169. The van der Waals surface area contributed by atoms with E-state index in [-0.39, 0.29) is 18.6 Å². The van der Waals surface area contributed by atoms with Crippen LogP contribution in [-0.4, -0.2) is 18.6 Å². The van der Waals surface area contributed by atoms with E-state index in [2.05, 4.69) is 5.32 Å². The molecule has 3 N–H and O–H groups in total. The molecule has 0 fully saturated rings. The number of rotatable bonds is 4. The average Bonchev–Trinajstić information content (AvgIpc) is 2.21. The summed E-state index contributed by atoms with van der Waals surface area (Å²) in [5.74, 6) is -0.169. The zero-order chi connectivity index (χ0) is 12.1. The molecular weight excluding hydrogens is 204 g/mol. The predicted molar refractivity (Wildman–Crippen MR) is 65.3 cm³/mol. The van der Waals surface area contributed by atoms with Crippen molar-refractivity contribution in [2.75, 3.05) is 17.7 Å². The highest BCUT2D eigenvalue weighted by Crippen LogP contribution is 2.16. The number of anilines is 2. The number of nitrogens with one attached hydrogen (secondary N) is 1. The van der Waals surface area contributed by atoms with Crippen molar-refractivity contribution in [3.63, 3.8) is 0 Å². The summed E-state index contributed by atoms with van der Waals surface area (Å²) in [6.07, 6.45) is 0.0498. The predicted octanol–water partition coefficient (Wildman–Crippen LogP) is 1.94. The summed E-state index contributed by atoms with van der Waals surface area (Å²) in [6.45, 7) is 5.75. The van der Waals surface area contributed by atoms with Gasteiger partial charge in [0.15, 0.2) is 0 Å². The Morgan fingerprint density at radius 2 is 2.19 bits per heavy atom. The fourth-order valence-electron chi connectivity index (χ4n) is 1.16. The molecule has 0 aromatic heterocycles. The number of ether oxygens (including phenoxy) is 1. The second-order valence-electron chi connectivity index (χ2n) is 3.98. The third kappa shape index (κ3) is 3.90. The first-order valence-corrected chi connectivity index (χ1v) is 5.26. The molecule has 1 aromatic carbocycles. The molecule has 1 amide bonds. The van der Waals surface area contributed by atoms with Crippen molar-refractivity contribution in [3.8, 4) is 0 Å². The van der Waals surface area contributed by atoms with Crippen LogP contribution in [0.15, 0.2) is 18.2 Å². The van der Waals surface area contributed by atoms with E-state index >= 15 is 0 Å². The van der Waals surface area contributed by atoms with E-state index in [1.165, 1.54) is 0 Å². The zero-order valence-electron chi connectivity index (χ0n) is 9.91. The zero-order valence-corrected chi connectivity index (χ0v) is 9.91. The van der Waals surface area contributed by atoms with Gasteiger partial charge in [0.05, 0.1) is 6.10 Å². The van der Waals surface area contributed by atoms with Gasteiger partial charge in [0.25, 0.3) is 0 Å². The molecule has 0 bridgehead atoms. The molecular formula is C12H18N2O2. The van der Waals surface area contributed by atoms with Gasteiger partial charge in [0.2, 0.25) is 5.91 Å². The summed E-state index contributed by atoms with van der Waals surface area (Å²) < 4.78 is 5.19.